The van der Waals surface area contributed by atoms with E-state index in [4.69, 9.17) is 11.6 Å². The van der Waals surface area contributed by atoms with Crippen LogP contribution in [0, 0.1) is 0 Å². The van der Waals surface area contributed by atoms with Gasteiger partial charge < -0.3 is 14.7 Å². The lowest BCUT2D eigenvalue weighted by Crippen LogP contribution is -2.52. The molecule has 1 heterocycles. The Balaban J connectivity index is 1.55. The van der Waals surface area contributed by atoms with E-state index in [1.807, 2.05) is 54.6 Å². The molecule has 0 atom stereocenters. The molecular weight excluding hydrogens is 350 g/mol. The number of nitrogens with zero attached hydrogens (tertiary/aromatic N) is 3. The number of benzene rings is 2. The lowest BCUT2D eigenvalue weighted by molar-refractivity contribution is -0.151. The number of amides is 2. The maximum Gasteiger partial charge on any atom is 0.312 e. The number of rotatable bonds is 3. The molecule has 3 rings (SSSR count). The minimum atomic E-state index is -0.468. The quantitative estimate of drug-likeness (QED) is 0.779. The van der Waals surface area contributed by atoms with E-state index in [9.17, 15) is 9.59 Å². The fourth-order valence-electron chi connectivity index (χ4n) is 3.07. The van der Waals surface area contributed by atoms with Crippen LogP contribution in [0.25, 0.3) is 0 Å². The highest BCUT2D eigenvalue weighted by atomic mass is 35.5. The Morgan fingerprint density at radius 2 is 1.69 bits per heavy atom. The van der Waals surface area contributed by atoms with Gasteiger partial charge in [-0.1, -0.05) is 48.0 Å². The van der Waals surface area contributed by atoms with Crippen molar-refractivity contribution < 1.29 is 9.59 Å². The molecule has 1 fully saturated rings. The Morgan fingerprint density at radius 1 is 1.00 bits per heavy atom. The van der Waals surface area contributed by atoms with Gasteiger partial charge in [0.05, 0.1) is 0 Å². The average molecular weight is 372 g/mol. The third-order valence-electron chi connectivity index (χ3n) is 4.53. The van der Waals surface area contributed by atoms with Crippen LogP contribution in [-0.2, 0) is 16.1 Å². The van der Waals surface area contributed by atoms with E-state index in [1.54, 1.807) is 11.9 Å². The van der Waals surface area contributed by atoms with Crippen molar-refractivity contribution in [2.75, 3.05) is 38.1 Å². The first-order chi connectivity index (χ1) is 12.5. The van der Waals surface area contributed by atoms with Crippen LogP contribution in [0.5, 0.6) is 0 Å². The second kappa shape index (κ2) is 8.23. The van der Waals surface area contributed by atoms with Crippen molar-refractivity contribution in [2.45, 2.75) is 6.54 Å². The smallest absolute Gasteiger partial charge is 0.312 e. The van der Waals surface area contributed by atoms with E-state index in [2.05, 4.69) is 4.90 Å². The highest BCUT2D eigenvalue weighted by molar-refractivity contribution is 6.34. The molecule has 0 spiro atoms. The van der Waals surface area contributed by atoms with Gasteiger partial charge in [-0.2, -0.15) is 0 Å². The fraction of sp³-hybridized carbons (Fsp3) is 0.300. The Labute approximate surface area is 158 Å². The molecule has 0 N–H and O–H groups in total. The fourth-order valence-corrected chi connectivity index (χ4v) is 3.25. The largest absolute Gasteiger partial charge is 0.368 e. The van der Waals surface area contributed by atoms with Crippen molar-refractivity contribution in [2.24, 2.45) is 0 Å². The van der Waals surface area contributed by atoms with Crippen LogP contribution in [0.3, 0.4) is 0 Å². The lowest BCUT2D eigenvalue weighted by atomic mass is 10.2. The molecular formula is C20H22ClN3O2. The summed E-state index contributed by atoms with van der Waals surface area (Å²) in [6.45, 7) is 2.84. The summed E-state index contributed by atoms with van der Waals surface area (Å²) in [5.41, 5.74) is 2.04. The van der Waals surface area contributed by atoms with Gasteiger partial charge >= 0.3 is 11.8 Å². The zero-order valence-electron chi connectivity index (χ0n) is 14.8. The van der Waals surface area contributed by atoms with E-state index < -0.39 is 11.8 Å². The Hall–Kier alpha value is -2.53. The van der Waals surface area contributed by atoms with E-state index in [0.29, 0.717) is 37.7 Å². The van der Waals surface area contributed by atoms with Crippen LogP contribution in [-0.4, -0.2) is 54.8 Å². The molecule has 5 nitrogen and oxygen atoms in total. The van der Waals surface area contributed by atoms with E-state index in [0.717, 1.165) is 11.3 Å². The standard InChI is InChI=1S/C20H22ClN3O2/c1-22(15-16-6-3-2-4-7-16)19(25)20(26)24-12-10-23(11-13-24)18-9-5-8-17(21)14-18/h2-9,14H,10-13,15H2,1H3. The number of hydrogen-bond acceptors (Lipinski definition) is 3. The zero-order valence-corrected chi connectivity index (χ0v) is 15.5. The summed E-state index contributed by atoms with van der Waals surface area (Å²) in [5.74, 6) is -0.903. The first-order valence-electron chi connectivity index (χ1n) is 8.63. The van der Waals surface area contributed by atoms with Crippen molar-refractivity contribution in [1.82, 2.24) is 9.80 Å². The Morgan fingerprint density at radius 3 is 2.35 bits per heavy atom. The van der Waals surface area contributed by atoms with E-state index >= 15 is 0 Å². The van der Waals surface area contributed by atoms with Crippen LogP contribution in [0.2, 0.25) is 5.02 Å². The summed E-state index contributed by atoms with van der Waals surface area (Å²) in [7, 11) is 1.66. The molecule has 1 aliphatic rings. The normalized spacial score (nSPS) is 14.2. The third-order valence-corrected chi connectivity index (χ3v) is 4.77. The summed E-state index contributed by atoms with van der Waals surface area (Å²) in [4.78, 5) is 30.2. The summed E-state index contributed by atoms with van der Waals surface area (Å²) in [6.07, 6.45) is 0. The molecule has 136 valence electrons. The number of hydrogen-bond donors (Lipinski definition) is 0. The average Bonchev–Trinajstić information content (AvgIpc) is 2.67. The Kier molecular flexibility index (Phi) is 5.78. The van der Waals surface area contributed by atoms with Crippen LogP contribution >= 0.6 is 11.6 Å². The predicted octanol–water partition coefficient (Wildman–Crippen LogP) is 2.65. The topological polar surface area (TPSA) is 43.9 Å². The molecule has 2 aromatic rings. The molecule has 2 amide bonds. The molecule has 2 aromatic carbocycles. The molecule has 1 saturated heterocycles. The minimum absolute atomic E-state index is 0.424. The van der Waals surface area contributed by atoms with Gasteiger partial charge in [0.1, 0.15) is 0 Å². The molecule has 0 aromatic heterocycles. The van der Waals surface area contributed by atoms with E-state index in [1.165, 1.54) is 4.90 Å². The van der Waals surface area contributed by atoms with E-state index in [-0.39, 0.29) is 0 Å². The van der Waals surface area contributed by atoms with Gasteiger partial charge in [0.2, 0.25) is 0 Å². The van der Waals surface area contributed by atoms with Crippen molar-refractivity contribution in [3.63, 3.8) is 0 Å². The summed E-state index contributed by atoms with van der Waals surface area (Å²) >= 11 is 6.04. The first kappa shape index (κ1) is 18.3. The zero-order chi connectivity index (χ0) is 18.5. The summed E-state index contributed by atoms with van der Waals surface area (Å²) < 4.78 is 0. The molecule has 0 saturated carbocycles. The number of likely N-dealkylation sites (N-methyl/N-ethyl adjacent to an activating group) is 1. The maximum atomic E-state index is 12.5. The first-order valence-corrected chi connectivity index (χ1v) is 9.01. The second-order valence-corrected chi connectivity index (χ2v) is 6.84. The molecule has 0 unspecified atom stereocenters. The number of halogens is 1. The van der Waals surface area contributed by atoms with Crippen LogP contribution in [0.15, 0.2) is 54.6 Å². The molecule has 1 aliphatic heterocycles. The Bertz CT molecular complexity index is 774. The van der Waals surface area contributed by atoms with Crippen LogP contribution in [0.4, 0.5) is 5.69 Å². The number of carbonyl (C=O) groups is 2. The van der Waals surface area contributed by atoms with Crippen molar-refractivity contribution in [3.05, 3.63) is 65.2 Å². The minimum Gasteiger partial charge on any atom is -0.368 e. The van der Waals surface area contributed by atoms with Crippen LogP contribution in [0.1, 0.15) is 5.56 Å². The summed E-state index contributed by atoms with van der Waals surface area (Å²) in [5, 5.41) is 0.693. The van der Waals surface area contributed by atoms with Crippen molar-refractivity contribution in [3.8, 4) is 0 Å². The van der Waals surface area contributed by atoms with Crippen LogP contribution < -0.4 is 4.90 Å². The number of carbonyl (C=O) groups excluding carboxylic acids is 2. The van der Waals surface area contributed by atoms with Gasteiger partial charge in [0.25, 0.3) is 0 Å². The second-order valence-electron chi connectivity index (χ2n) is 6.41. The van der Waals surface area contributed by atoms with Gasteiger partial charge in [-0.15, -0.1) is 0 Å². The molecule has 0 aliphatic carbocycles. The van der Waals surface area contributed by atoms with Gasteiger partial charge in [0.15, 0.2) is 0 Å². The SMILES string of the molecule is CN(Cc1ccccc1)C(=O)C(=O)N1CCN(c2cccc(Cl)c2)CC1. The molecule has 6 heteroatoms. The lowest BCUT2D eigenvalue weighted by Gasteiger charge is -2.36. The van der Waals surface area contributed by atoms with Gasteiger partial charge in [-0.05, 0) is 23.8 Å². The van der Waals surface area contributed by atoms with Crippen molar-refractivity contribution >= 4 is 29.1 Å². The highest BCUT2D eigenvalue weighted by Crippen LogP contribution is 2.21. The monoisotopic (exact) mass is 371 g/mol. The number of anilines is 1. The predicted molar refractivity (Wildman–Crippen MR) is 103 cm³/mol. The third kappa shape index (κ3) is 4.35. The summed E-state index contributed by atoms with van der Waals surface area (Å²) in [6, 6.07) is 17.3. The molecule has 26 heavy (non-hydrogen) atoms. The maximum absolute atomic E-state index is 12.5. The highest BCUT2D eigenvalue weighted by Gasteiger charge is 2.28. The molecule has 0 radical (unpaired) electrons. The van der Waals surface area contributed by atoms with Gasteiger partial charge in [-0.25, -0.2) is 0 Å². The van der Waals surface area contributed by atoms with Gasteiger partial charge in [0, 0.05) is 50.5 Å². The number of piperazine rings is 1. The van der Waals surface area contributed by atoms with Crippen molar-refractivity contribution in [1.29, 1.82) is 0 Å². The molecule has 0 bridgehead atoms. The van der Waals surface area contributed by atoms with Gasteiger partial charge in [-0.3, -0.25) is 9.59 Å².